The Morgan fingerprint density at radius 2 is 2.00 bits per heavy atom. The van der Waals surface area contributed by atoms with Gasteiger partial charge in [-0.3, -0.25) is 4.79 Å². The fourth-order valence-corrected chi connectivity index (χ4v) is 4.84. The van der Waals surface area contributed by atoms with E-state index in [4.69, 9.17) is 9.26 Å². The Kier molecular flexibility index (Phi) is 8.56. The van der Waals surface area contributed by atoms with Gasteiger partial charge in [-0.1, -0.05) is 29.8 Å². The highest BCUT2D eigenvalue weighted by molar-refractivity contribution is 7.98. The smallest absolute Gasteiger partial charge is 0.227 e. The molecular weight excluding hydrogens is 452 g/mol. The zero-order valence-electron chi connectivity index (χ0n) is 19.8. The van der Waals surface area contributed by atoms with Crippen LogP contribution >= 0.6 is 11.8 Å². The molecule has 1 amide bonds. The number of amides is 1. The number of hydrogen-bond donors (Lipinski definition) is 1. The lowest BCUT2D eigenvalue weighted by Crippen LogP contribution is -2.25. The number of ether oxygens (including phenoxy) is 1. The number of rotatable bonds is 12. The van der Waals surface area contributed by atoms with Gasteiger partial charge in [0.15, 0.2) is 5.16 Å². The van der Waals surface area contributed by atoms with Crippen LogP contribution in [0.5, 0.6) is 5.75 Å². The number of aryl methyl sites for hydroxylation is 2. The second kappa shape index (κ2) is 12.0. The Bertz CT molecular complexity index is 1060. The lowest BCUT2D eigenvalue weighted by atomic mass is 10.2. The van der Waals surface area contributed by atoms with Crippen LogP contribution in [0.3, 0.4) is 0 Å². The van der Waals surface area contributed by atoms with Gasteiger partial charge in [0.05, 0.1) is 6.61 Å². The predicted octanol–water partition coefficient (Wildman–Crippen LogP) is 4.25. The summed E-state index contributed by atoms with van der Waals surface area (Å²) in [6, 6.07) is 8.05. The quantitative estimate of drug-likeness (QED) is 0.300. The summed E-state index contributed by atoms with van der Waals surface area (Å²) in [5.74, 6) is 2.76. The van der Waals surface area contributed by atoms with Crippen molar-refractivity contribution in [3.63, 3.8) is 0 Å². The highest BCUT2D eigenvalue weighted by atomic mass is 32.2. The minimum absolute atomic E-state index is 0.0251. The number of carbonyl (C=O) groups is 1. The highest BCUT2D eigenvalue weighted by Crippen LogP contribution is 2.33. The third kappa shape index (κ3) is 6.16. The lowest BCUT2D eigenvalue weighted by molar-refractivity contribution is -0.121. The summed E-state index contributed by atoms with van der Waals surface area (Å²) in [5, 5.41) is 16.8. The zero-order chi connectivity index (χ0) is 23.8. The molecule has 2 heterocycles. The first-order chi connectivity index (χ1) is 16.7. The van der Waals surface area contributed by atoms with Crippen molar-refractivity contribution in [2.75, 3.05) is 19.4 Å². The molecule has 182 valence electrons. The summed E-state index contributed by atoms with van der Waals surface area (Å²) in [5.41, 5.74) is 0.845. The molecule has 1 N–H and O–H groups in total. The maximum atomic E-state index is 12.3. The van der Waals surface area contributed by atoms with Crippen LogP contribution < -0.4 is 10.1 Å². The Balaban J connectivity index is 1.20. The summed E-state index contributed by atoms with van der Waals surface area (Å²) < 4.78 is 13.1. The van der Waals surface area contributed by atoms with Crippen LogP contribution in [0.2, 0.25) is 0 Å². The average molecular weight is 485 g/mol. The van der Waals surface area contributed by atoms with Crippen molar-refractivity contribution in [3.8, 4) is 17.1 Å². The third-order valence-electron chi connectivity index (χ3n) is 5.96. The fourth-order valence-electron chi connectivity index (χ4n) is 4.27. The lowest BCUT2D eigenvalue weighted by Gasteiger charge is -2.16. The summed E-state index contributed by atoms with van der Waals surface area (Å²) in [6.45, 7) is 3.17. The molecule has 9 nitrogen and oxygen atoms in total. The van der Waals surface area contributed by atoms with Crippen LogP contribution in [0.15, 0.2) is 33.9 Å². The van der Waals surface area contributed by atoms with Crippen LogP contribution in [0.1, 0.15) is 63.2 Å². The maximum Gasteiger partial charge on any atom is 0.227 e. The predicted molar refractivity (Wildman–Crippen MR) is 130 cm³/mol. The van der Waals surface area contributed by atoms with Crippen LogP contribution in [-0.2, 0) is 17.6 Å². The van der Waals surface area contributed by atoms with Gasteiger partial charge in [-0.05, 0) is 56.7 Å². The minimum atomic E-state index is -0.0251. The van der Waals surface area contributed by atoms with Gasteiger partial charge in [0.25, 0.3) is 0 Å². The fraction of sp³-hybridized carbons (Fsp3) is 0.542. The third-order valence-corrected chi connectivity index (χ3v) is 6.61. The van der Waals surface area contributed by atoms with Crippen LogP contribution in [0.4, 0.5) is 0 Å². The Hall–Kier alpha value is -2.88. The maximum absolute atomic E-state index is 12.3. The van der Waals surface area contributed by atoms with Gasteiger partial charge < -0.3 is 19.1 Å². The molecule has 0 atom stereocenters. The molecule has 1 aromatic carbocycles. The SMILES string of the molecule is CCOc1ccc(-c2noc(CCC(=O)NCCCc3nnc(SC)n3C3CCCC3)n2)cc1. The zero-order valence-corrected chi connectivity index (χ0v) is 20.6. The molecule has 0 aliphatic heterocycles. The van der Waals surface area contributed by atoms with E-state index < -0.39 is 0 Å². The molecule has 34 heavy (non-hydrogen) atoms. The summed E-state index contributed by atoms with van der Waals surface area (Å²) in [6.07, 6.45) is 9.33. The van der Waals surface area contributed by atoms with E-state index in [2.05, 4.69) is 30.2 Å². The molecule has 0 bridgehead atoms. The number of hydrogen-bond acceptors (Lipinski definition) is 8. The summed E-state index contributed by atoms with van der Waals surface area (Å²) in [4.78, 5) is 16.7. The second-order valence-electron chi connectivity index (χ2n) is 8.33. The van der Waals surface area contributed by atoms with Crippen LogP contribution in [-0.4, -0.2) is 50.2 Å². The molecule has 0 radical (unpaired) electrons. The first-order valence-electron chi connectivity index (χ1n) is 12.0. The molecule has 0 saturated heterocycles. The average Bonchev–Trinajstić information content (AvgIpc) is 3.62. The molecular formula is C24H32N6O3S. The first-order valence-corrected chi connectivity index (χ1v) is 13.2. The molecule has 0 unspecified atom stereocenters. The van der Waals surface area contributed by atoms with Crippen molar-refractivity contribution in [2.45, 2.75) is 69.5 Å². The number of nitrogens with zero attached hydrogens (tertiary/aromatic N) is 5. The number of benzene rings is 1. The van der Waals surface area contributed by atoms with E-state index in [0.717, 1.165) is 35.1 Å². The number of nitrogens with one attached hydrogen (secondary N) is 1. The molecule has 1 fully saturated rings. The van der Waals surface area contributed by atoms with Crippen molar-refractivity contribution >= 4 is 17.7 Å². The number of thioether (sulfide) groups is 1. The molecule has 10 heteroatoms. The van der Waals surface area contributed by atoms with Gasteiger partial charge in [-0.2, -0.15) is 4.98 Å². The van der Waals surface area contributed by atoms with E-state index in [0.29, 0.717) is 43.8 Å². The van der Waals surface area contributed by atoms with E-state index in [1.807, 2.05) is 37.4 Å². The van der Waals surface area contributed by atoms with Gasteiger partial charge in [-0.25, -0.2) is 0 Å². The van der Waals surface area contributed by atoms with Crippen molar-refractivity contribution in [3.05, 3.63) is 36.0 Å². The number of carbonyl (C=O) groups excluding carboxylic acids is 1. The molecule has 3 aromatic rings. The molecule has 1 aliphatic rings. The Morgan fingerprint density at radius 3 is 2.74 bits per heavy atom. The van der Waals surface area contributed by atoms with E-state index >= 15 is 0 Å². The Labute approximate surface area is 204 Å². The largest absolute Gasteiger partial charge is 0.494 e. The van der Waals surface area contributed by atoms with E-state index in [1.165, 1.54) is 25.7 Å². The van der Waals surface area contributed by atoms with Gasteiger partial charge in [0, 0.05) is 37.4 Å². The second-order valence-corrected chi connectivity index (χ2v) is 9.11. The van der Waals surface area contributed by atoms with Crippen LogP contribution in [0.25, 0.3) is 11.4 Å². The van der Waals surface area contributed by atoms with E-state index in [-0.39, 0.29) is 5.91 Å². The van der Waals surface area contributed by atoms with Crippen LogP contribution in [0, 0.1) is 0 Å². The molecule has 1 saturated carbocycles. The Morgan fingerprint density at radius 1 is 1.21 bits per heavy atom. The van der Waals surface area contributed by atoms with Gasteiger partial charge >= 0.3 is 0 Å². The number of aromatic nitrogens is 5. The summed E-state index contributed by atoms with van der Waals surface area (Å²) in [7, 11) is 0. The van der Waals surface area contributed by atoms with Gasteiger partial charge in [0.2, 0.25) is 17.6 Å². The minimum Gasteiger partial charge on any atom is -0.494 e. The normalized spacial score (nSPS) is 13.9. The van der Waals surface area contributed by atoms with Gasteiger partial charge in [-0.15, -0.1) is 10.2 Å². The van der Waals surface area contributed by atoms with E-state index in [9.17, 15) is 4.79 Å². The molecule has 0 spiro atoms. The first kappa shape index (κ1) is 24.3. The standard InChI is InChI=1S/C24H32N6O3S/c1-3-32-19-12-10-17(11-13-19)23-26-22(33-29-23)15-14-21(31)25-16-6-9-20-27-28-24(34-2)30(20)18-7-4-5-8-18/h10-13,18H,3-9,14-16H2,1-2H3,(H,25,31). The van der Waals surface area contributed by atoms with Crippen molar-refractivity contribution in [2.24, 2.45) is 0 Å². The molecule has 4 rings (SSSR count). The van der Waals surface area contributed by atoms with Crippen molar-refractivity contribution < 1.29 is 14.1 Å². The van der Waals surface area contributed by atoms with Crippen molar-refractivity contribution in [1.29, 1.82) is 0 Å². The molecule has 1 aliphatic carbocycles. The van der Waals surface area contributed by atoms with E-state index in [1.54, 1.807) is 11.8 Å². The topological polar surface area (TPSA) is 108 Å². The summed E-state index contributed by atoms with van der Waals surface area (Å²) >= 11 is 1.65. The monoisotopic (exact) mass is 484 g/mol. The highest BCUT2D eigenvalue weighted by Gasteiger charge is 2.23. The van der Waals surface area contributed by atoms with Gasteiger partial charge in [0.1, 0.15) is 11.6 Å². The molecule has 2 aromatic heterocycles. The van der Waals surface area contributed by atoms with Crippen molar-refractivity contribution in [1.82, 2.24) is 30.2 Å².